The summed E-state index contributed by atoms with van der Waals surface area (Å²) in [6, 6.07) is 14.8. The predicted molar refractivity (Wildman–Crippen MR) is 75.2 cm³/mol. The van der Waals surface area contributed by atoms with E-state index in [0.717, 1.165) is 12.8 Å². The van der Waals surface area contributed by atoms with Gasteiger partial charge in [-0.25, -0.2) is 4.79 Å². The van der Waals surface area contributed by atoms with Crippen LogP contribution in [0.15, 0.2) is 54.6 Å². The van der Waals surface area contributed by atoms with E-state index in [1.807, 2.05) is 36.4 Å². The lowest BCUT2D eigenvalue weighted by Gasteiger charge is -2.12. The molecule has 2 aromatic rings. The molecule has 2 aromatic carbocycles. The minimum absolute atomic E-state index is 0.313. The summed E-state index contributed by atoms with van der Waals surface area (Å²) in [7, 11) is 0. The van der Waals surface area contributed by atoms with E-state index in [9.17, 15) is 4.79 Å². The highest BCUT2D eigenvalue weighted by atomic mass is 16.5. The van der Waals surface area contributed by atoms with Crippen molar-refractivity contribution in [3.8, 4) is 5.75 Å². The zero-order valence-corrected chi connectivity index (χ0v) is 10.5. The Labute approximate surface area is 112 Å². The molecule has 2 heteroatoms. The first-order chi connectivity index (χ1) is 9.33. The van der Waals surface area contributed by atoms with Crippen molar-refractivity contribution in [2.75, 3.05) is 0 Å². The molecule has 0 fully saturated rings. The molecule has 1 aliphatic carbocycles. The first kappa shape index (κ1) is 11.7. The van der Waals surface area contributed by atoms with Crippen LogP contribution in [0, 0.1) is 0 Å². The second kappa shape index (κ2) is 5.11. The Kier molecular flexibility index (Phi) is 3.15. The van der Waals surface area contributed by atoms with E-state index in [4.69, 9.17) is 4.74 Å². The lowest BCUT2D eigenvalue weighted by Crippen LogP contribution is -2.08. The molecule has 0 aliphatic heterocycles. The van der Waals surface area contributed by atoms with E-state index in [0.29, 0.717) is 11.3 Å². The van der Waals surface area contributed by atoms with Crippen molar-refractivity contribution >= 4 is 12.0 Å². The van der Waals surface area contributed by atoms with Gasteiger partial charge in [0.1, 0.15) is 5.75 Å². The Morgan fingerprint density at radius 2 is 1.89 bits per heavy atom. The molecule has 0 N–H and O–H groups in total. The van der Waals surface area contributed by atoms with Crippen molar-refractivity contribution < 1.29 is 9.53 Å². The van der Waals surface area contributed by atoms with Crippen LogP contribution in [-0.2, 0) is 6.42 Å². The summed E-state index contributed by atoms with van der Waals surface area (Å²) in [6.45, 7) is 0. The summed E-state index contributed by atoms with van der Waals surface area (Å²) in [5.41, 5.74) is 3.02. The number of ether oxygens (including phenoxy) is 1. The number of carbonyl (C=O) groups excluding carboxylic acids is 1. The van der Waals surface area contributed by atoms with E-state index in [2.05, 4.69) is 12.2 Å². The first-order valence-electron chi connectivity index (χ1n) is 6.39. The third-order valence-electron chi connectivity index (χ3n) is 3.21. The van der Waals surface area contributed by atoms with Crippen molar-refractivity contribution in [1.29, 1.82) is 0 Å². The van der Waals surface area contributed by atoms with Crippen LogP contribution in [0.4, 0.5) is 0 Å². The number of fused-ring (bicyclic) bond motifs is 1. The number of rotatable bonds is 2. The van der Waals surface area contributed by atoms with Gasteiger partial charge < -0.3 is 4.74 Å². The number of esters is 1. The molecule has 0 aromatic heterocycles. The standard InChI is InChI=1S/C17H14O2/c18-17(14-7-2-1-3-8-14)19-16-11-10-13-6-4-5-9-15(13)12-16/h1-4,6-8,10-12H,5,9H2. The zero-order chi connectivity index (χ0) is 13.1. The fourth-order valence-corrected chi connectivity index (χ4v) is 2.21. The largest absolute Gasteiger partial charge is 0.423 e. The van der Waals surface area contributed by atoms with Crippen LogP contribution in [0.5, 0.6) is 5.75 Å². The molecular weight excluding hydrogens is 236 g/mol. The van der Waals surface area contributed by atoms with E-state index >= 15 is 0 Å². The molecule has 1 aliphatic rings. The topological polar surface area (TPSA) is 26.3 Å². The fourth-order valence-electron chi connectivity index (χ4n) is 2.21. The molecule has 94 valence electrons. The smallest absolute Gasteiger partial charge is 0.343 e. The van der Waals surface area contributed by atoms with Gasteiger partial charge in [-0.15, -0.1) is 0 Å². The number of allylic oxidation sites excluding steroid dienone is 1. The average molecular weight is 250 g/mol. The Bertz CT molecular complexity index is 627. The van der Waals surface area contributed by atoms with Crippen molar-refractivity contribution in [2.24, 2.45) is 0 Å². The fraction of sp³-hybridized carbons (Fsp3) is 0.118. The third kappa shape index (κ3) is 2.58. The van der Waals surface area contributed by atoms with Crippen molar-refractivity contribution in [3.63, 3.8) is 0 Å². The molecule has 0 atom stereocenters. The Balaban J connectivity index is 1.81. The van der Waals surface area contributed by atoms with E-state index in [-0.39, 0.29) is 5.97 Å². The maximum Gasteiger partial charge on any atom is 0.343 e. The van der Waals surface area contributed by atoms with Gasteiger partial charge in [-0.3, -0.25) is 0 Å². The lowest BCUT2D eigenvalue weighted by molar-refractivity contribution is 0.0734. The van der Waals surface area contributed by atoms with Gasteiger partial charge in [0, 0.05) is 0 Å². The predicted octanol–water partition coefficient (Wildman–Crippen LogP) is 3.87. The summed E-state index contributed by atoms with van der Waals surface area (Å²) in [4.78, 5) is 11.9. The summed E-state index contributed by atoms with van der Waals surface area (Å²) in [5.74, 6) is 0.301. The first-order valence-corrected chi connectivity index (χ1v) is 6.39. The molecular formula is C17H14O2. The van der Waals surface area contributed by atoms with Crippen molar-refractivity contribution in [3.05, 3.63) is 71.3 Å². The maximum absolute atomic E-state index is 11.9. The van der Waals surface area contributed by atoms with Crippen molar-refractivity contribution in [2.45, 2.75) is 12.8 Å². The quantitative estimate of drug-likeness (QED) is 0.597. The molecule has 0 heterocycles. The van der Waals surface area contributed by atoms with Crippen LogP contribution in [-0.4, -0.2) is 5.97 Å². The van der Waals surface area contributed by atoms with Crippen LogP contribution in [0.25, 0.3) is 6.08 Å². The van der Waals surface area contributed by atoms with E-state index < -0.39 is 0 Å². The van der Waals surface area contributed by atoms with Gasteiger partial charge in [-0.05, 0) is 48.2 Å². The Hall–Kier alpha value is -2.35. The summed E-state index contributed by atoms with van der Waals surface area (Å²) >= 11 is 0. The zero-order valence-electron chi connectivity index (χ0n) is 10.5. The summed E-state index contributed by atoms with van der Waals surface area (Å²) < 4.78 is 5.40. The van der Waals surface area contributed by atoms with Crippen LogP contribution in [0.1, 0.15) is 27.9 Å². The van der Waals surface area contributed by atoms with Crippen molar-refractivity contribution in [1.82, 2.24) is 0 Å². The minimum atomic E-state index is -0.313. The lowest BCUT2D eigenvalue weighted by atomic mass is 9.97. The molecule has 0 unspecified atom stereocenters. The summed E-state index contributed by atoms with van der Waals surface area (Å²) in [6.07, 6.45) is 6.32. The second-order valence-electron chi connectivity index (χ2n) is 4.56. The normalized spacial score (nSPS) is 12.8. The maximum atomic E-state index is 11.9. The third-order valence-corrected chi connectivity index (χ3v) is 3.21. The molecule has 3 rings (SSSR count). The molecule has 0 bridgehead atoms. The van der Waals surface area contributed by atoms with E-state index in [1.165, 1.54) is 11.1 Å². The highest BCUT2D eigenvalue weighted by Crippen LogP contribution is 2.24. The number of hydrogen-bond acceptors (Lipinski definition) is 2. The van der Waals surface area contributed by atoms with Crippen LogP contribution in [0.3, 0.4) is 0 Å². The molecule has 0 spiro atoms. The Morgan fingerprint density at radius 1 is 1.05 bits per heavy atom. The van der Waals surface area contributed by atoms with E-state index in [1.54, 1.807) is 12.1 Å². The van der Waals surface area contributed by atoms with Crippen LogP contribution >= 0.6 is 0 Å². The highest BCUT2D eigenvalue weighted by molar-refractivity contribution is 5.91. The second-order valence-corrected chi connectivity index (χ2v) is 4.56. The van der Waals surface area contributed by atoms with Gasteiger partial charge in [-0.1, -0.05) is 36.4 Å². The molecule has 0 amide bonds. The molecule has 2 nitrogen and oxygen atoms in total. The molecule has 19 heavy (non-hydrogen) atoms. The highest BCUT2D eigenvalue weighted by Gasteiger charge is 2.10. The Morgan fingerprint density at radius 3 is 2.74 bits per heavy atom. The molecule has 0 saturated carbocycles. The SMILES string of the molecule is O=C(Oc1ccc2c(c1)CCC=C2)c1ccccc1. The van der Waals surface area contributed by atoms with Gasteiger partial charge in [-0.2, -0.15) is 0 Å². The van der Waals surface area contributed by atoms with Gasteiger partial charge in [0.15, 0.2) is 0 Å². The number of hydrogen-bond donors (Lipinski definition) is 0. The monoisotopic (exact) mass is 250 g/mol. The number of benzene rings is 2. The molecule has 0 radical (unpaired) electrons. The number of aryl methyl sites for hydroxylation is 1. The van der Waals surface area contributed by atoms with Gasteiger partial charge in [0.2, 0.25) is 0 Å². The van der Waals surface area contributed by atoms with Gasteiger partial charge in [0.25, 0.3) is 0 Å². The average Bonchev–Trinajstić information content (AvgIpc) is 2.48. The van der Waals surface area contributed by atoms with Gasteiger partial charge >= 0.3 is 5.97 Å². The van der Waals surface area contributed by atoms with Gasteiger partial charge in [0.05, 0.1) is 5.56 Å². The van der Waals surface area contributed by atoms with Crippen LogP contribution < -0.4 is 4.74 Å². The van der Waals surface area contributed by atoms with Crippen LogP contribution in [0.2, 0.25) is 0 Å². The number of carbonyl (C=O) groups is 1. The summed E-state index contributed by atoms with van der Waals surface area (Å²) in [5, 5.41) is 0. The molecule has 0 saturated heterocycles. The minimum Gasteiger partial charge on any atom is -0.423 e.